The Balaban J connectivity index is 1.31. The lowest BCUT2D eigenvalue weighted by Gasteiger charge is -2.08. The van der Waals surface area contributed by atoms with Gasteiger partial charge in [-0.1, -0.05) is 53.4 Å². The van der Waals surface area contributed by atoms with Crippen LogP contribution in [0.3, 0.4) is 0 Å². The number of hydrogen-bond acceptors (Lipinski definition) is 7. The second-order valence-electron chi connectivity index (χ2n) is 5.76. The number of benzene rings is 1. The van der Waals surface area contributed by atoms with Crippen molar-refractivity contribution in [3.63, 3.8) is 0 Å². The molecule has 1 fully saturated rings. The maximum absolute atomic E-state index is 11.9. The first kappa shape index (κ1) is 18.2. The lowest BCUT2D eigenvalue weighted by Crippen LogP contribution is -2.27. The topological polar surface area (TPSA) is 76.1 Å². The van der Waals surface area contributed by atoms with Gasteiger partial charge in [0.15, 0.2) is 4.34 Å². The number of amides is 1. The van der Waals surface area contributed by atoms with Gasteiger partial charge >= 0.3 is 0 Å². The monoisotopic (exact) mass is 378 g/mol. The van der Waals surface area contributed by atoms with E-state index in [4.69, 9.17) is 4.74 Å². The van der Waals surface area contributed by atoms with Crippen LogP contribution in [0.5, 0.6) is 0 Å². The summed E-state index contributed by atoms with van der Waals surface area (Å²) in [7, 11) is 0. The number of nitrogens with one attached hydrogen (secondary N) is 2. The molecular weight excluding hydrogens is 356 g/mol. The fourth-order valence-electron chi connectivity index (χ4n) is 2.52. The lowest BCUT2D eigenvalue weighted by atomic mass is 10.1. The molecule has 2 heterocycles. The van der Waals surface area contributed by atoms with Gasteiger partial charge < -0.3 is 15.4 Å². The highest BCUT2D eigenvalue weighted by Gasteiger charge is 2.16. The van der Waals surface area contributed by atoms with Crippen LogP contribution < -0.4 is 10.6 Å². The Kier molecular flexibility index (Phi) is 7.08. The molecule has 1 aliphatic heterocycles. The molecule has 1 aromatic carbocycles. The minimum absolute atomic E-state index is 0.0185. The molecule has 2 aromatic rings. The number of aromatic nitrogens is 2. The summed E-state index contributed by atoms with van der Waals surface area (Å²) in [5.41, 5.74) is 1.22. The molecule has 0 aliphatic carbocycles. The molecule has 3 rings (SSSR count). The predicted octanol–water partition coefficient (Wildman–Crippen LogP) is 2.58. The molecule has 1 saturated heterocycles. The van der Waals surface area contributed by atoms with Crippen molar-refractivity contribution < 1.29 is 9.53 Å². The number of anilines is 1. The van der Waals surface area contributed by atoms with Gasteiger partial charge in [0.05, 0.1) is 11.9 Å². The van der Waals surface area contributed by atoms with E-state index in [0.717, 1.165) is 41.9 Å². The summed E-state index contributed by atoms with van der Waals surface area (Å²) in [5.74, 6) is 0.375. The first-order valence-corrected chi connectivity index (χ1v) is 10.2. The highest BCUT2D eigenvalue weighted by molar-refractivity contribution is 8.01. The molecule has 6 nitrogen and oxygen atoms in total. The second-order valence-corrected chi connectivity index (χ2v) is 7.96. The smallest absolute Gasteiger partial charge is 0.230 e. The first-order valence-electron chi connectivity index (χ1n) is 8.42. The molecule has 2 N–H and O–H groups in total. The Morgan fingerprint density at radius 3 is 3.00 bits per heavy atom. The highest BCUT2D eigenvalue weighted by Crippen LogP contribution is 2.25. The zero-order valence-electron chi connectivity index (χ0n) is 13.9. The Morgan fingerprint density at radius 2 is 2.20 bits per heavy atom. The summed E-state index contributed by atoms with van der Waals surface area (Å²) in [5, 5.41) is 15.2. The van der Waals surface area contributed by atoms with E-state index in [1.165, 1.54) is 28.7 Å². The quantitative estimate of drug-likeness (QED) is 0.653. The van der Waals surface area contributed by atoms with Crippen LogP contribution in [0.1, 0.15) is 18.4 Å². The Bertz CT molecular complexity index is 660. The molecule has 0 radical (unpaired) electrons. The van der Waals surface area contributed by atoms with Crippen LogP contribution in [0, 0.1) is 0 Å². The minimum atomic E-state index is 0.0185. The molecule has 1 atom stereocenters. The van der Waals surface area contributed by atoms with Crippen LogP contribution in [0.2, 0.25) is 0 Å². The van der Waals surface area contributed by atoms with Crippen molar-refractivity contribution in [3.8, 4) is 0 Å². The molecular formula is C17H22N4O2S2. The third-order valence-electron chi connectivity index (χ3n) is 3.82. The van der Waals surface area contributed by atoms with Gasteiger partial charge in [-0.3, -0.25) is 4.79 Å². The number of nitrogens with zero attached hydrogens (tertiary/aromatic N) is 2. The summed E-state index contributed by atoms with van der Waals surface area (Å²) in [6.45, 7) is 2.26. The maximum atomic E-state index is 11.9. The van der Waals surface area contributed by atoms with Crippen molar-refractivity contribution in [2.24, 2.45) is 0 Å². The second kappa shape index (κ2) is 9.74. The number of hydrogen-bond donors (Lipinski definition) is 2. The van der Waals surface area contributed by atoms with Gasteiger partial charge in [-0.2, -0.15) is 0 Å². The third kappa shape index (κ3) is 6.30. The van der Waals surface area contributed by atoms with Gasteiger partial charge in [0.2, 0.25) is 11.0 Å². The molecule has 1 amide bonds. The standard InChI is InChI=1S/C17H22N4O2S2/c22-15(18-9-8-13-5-2-1-3-6-13)12-24-17-21-20-16(25-17)19-11-14-7-4-10-23-14/h1-3,5-6,14H,4,7-12H2,(H,18,22)(H,19,20). The van der Waals surface area contributed by atoms with Crippen LogP contribution in [-0.2, 0) is 16.0 Å². The fourth-order valence-corrected chi connectivity index (χ4v) is 4.10. The minimum Gasteiger partial charge on any atom is -0.376 e. The van der Waals surface area contributed by atoms with Crippen molar-refractivity contribution >= 4 is 34.1 Å². The zero-order chi connectivity index (χ0) is 17.3. The van der Waals surface area contributed by atoms with Gasteiger partial charge in [-0.25, -0.2) is 0 Å². The Hall–Kier alpha value is -1.64. The third-order valence-corrected chi connectivity index (χ3v) is 5.83. The van der Waals surface area contributed by atoms with Gasteiger partial charge in [0, 0.05) is 19.7 Å². The van der Waals surface area contributed by atoms with Crippen LogP contribution in [0.15, 0.2) is 34.7 Å². The number of carbonyl (C=O) groups is 1. The van der Waals surface area contributed by atoms with Crippen molar-refractivity contribution in [2.75, 3.05) is 30.8 Å². The summed E-state index contributed by atoms with van der Waals surface area (Å²) in [6.07, 6.45) is 3.34. The van der Waals surface area contributed by atoms with Gasteiger partial charge in [-0.05, 0) is 24.8 Å². The average molecular weight is 379 g/mol. The SMILES string of the molecule is O=C(CSc1nnc(NCC2CCCO2)s1)NCCc1ccccc1. The number of carbonyl (C=O) groups excluding carboxylic acids is 1. The van der Waals surface area contributed by atoms with E-state index in [1.54, 1.807) is 0 Å². The van der Waals surface area contributed by atoms with E-state index < -0.39 is 0 Å². The Labute approximate surface area is 155 Å². The molecule has 8 heteroatoms. The van der Waals surface area contributed by atoms with Gasteiger partial charge in [-0.15, -0.1) is 10.2 Å². The molecule has 1 unspecified atom stereocenters. The van der Waals surface area contributed by atoms with Crippen molar-refractivity contribution in [2.45, 2.75) is 29.7 Å². The van der Waals surface area contributed by atoms with E-state index in [-0.39, 0.29) is 12.0 Å². The largest absolute Gasteiger partial charge is 0.376 e. The Morgan fingerprint density at radius 1 is 1.32 bits per heavy atom. The molecule has 134 valence electrons. The summed E-state index contributed by atoms with van der Waals surface area (Å²) in [6, 6.07) is 10.1. The summed E-state index contributed by atoms with van der Waals surface area (Å²) >= 11 is 2.89. The number of ether oxygens (including phenoxy) is 1. The summed E-state index contributed by atoms with van der Waals surface area (Å²) < 4.78 is 6.36. The lowest BCUT2D eigenvalue weighted by molar-refractivity contribution is -0.118. The van der Waals surface area contributed by atoms with E-state index in [0.29, 0.717) is 12.3 Å². The number of thioether (sulfide) groups is 1. The zero-order valence-corrected chi connectivity index (χ0v) is 15.6. The fraction of sp³-hybridized carbons (Fsp3) is 0.471. The normalized spacial score (nSPS) is 16.7. The van der Waals surface area contributed by atoms with Crippen LogP contribution in [0.25, 0.3) is 0 Å². The van der Waals surface area contributed by atoms with Crippen molar-refractivity contribution in [1.82, 2.24) is 15.5 Å². The van der Waals surface area contributed by atoms with E-state index in [9.17, 15) is 4.79 Å². The van der Waals surface area contributed by atoms with Gasteiger partial charge in [0.25, 0.3) is 0 Å². The number of rotatable bonds is 9. The molecule has 0 spiro atoms. The first-order chi connectivity index (χ1) is 12.3. The van der Waals surface area contributed by atoms with E-state index in [2.05, 4.69) is 33.0 Å². The van der Waals surface area contributed by atoms with Crippen molar-refractivity contribution in [3.05, 3.63) is 35.9 Å². The molecule has 1 aromatic heterocycles. The van der Waals surface area contributed by atoms with Crippen LogP contribution in [-0.4, -0.2) is 47.7 Å². The predicted molar refractivity (Wildman–Crippen MR) is 101 cm³/mol. The van der Waals surface area contributed by atoms with E-state index in [1.807, 2.05) is 18.2 Å². The van der Waals surface area contributed by atoms with Crippen LogP contribution in [0.4, 0.5) is 5.13 Å². The van der Waals surface area contributed by atoms with E-state index >= 15 is 0 Å². The molecule has 1 aliphatic rings. The van der Waals surface area contributed by atoms with Crippen molar-refractivity contribution in [1.29, 1.82) is 0 Å². The highest BCUT2D eigenvalue weighted by atomic mass is 32.2. The average Bonchev–Trinajstić information content (AvgIpc) is 3.31. The molecule has 0 bridgehead atoms. The van der Waals surface area contributed by atoms with Crippen LogP contribution >= 0.6 is 23.1 Å². The maximum Gasteiger partial charge on any atom is 0.230 e. The molecule has 0 saturated carbocycles. The summed E-state index contributed by atoms with van der Waals surface area (Å²) in [4.78, 5) is 11.9. The van der Waals surface area contributed by atoms with Gasteiger partial charge in [0.1, 0.15) is 0 Å². The molecule has 25 heavy (non-hydrogen) atoms.